The van der Waals surface area contributed by atoms with Gasteiger partial charge in [0.25, 0.3) is 0 Å². The predicted molar refractivity (Wildman–Crippen MR) is 79.2 cm³/mol. The van der Waals surface area contributed by atoms with Crippen LogP contribution in [-0.4, -0.2) is 30.6 Å². The number of hydrogen-bond acceptors (Lipinski definition) is 3. The lowest BCUT2D eigenvalue weighted by molar-refractivity contribution is 0.237. The van der Waals surface area contributed by atoms with Gasteiger partial charge in [-0.25, -0.2) is 8.42 Å². The molecule has 6 heteroatoms. The predicted octanol–water partition coefficient (Wildman–Crippen LogP) is 3.03. The lowest BCUT2D eigenvalue weighted by atomic mass is 9.75. The molecule has 2 heterocycles. The second-order valence-corrected chi connectivity index (χ2v) is 8.34. The second-order valence-electron chi connectivity index (χ2n) is 4.99. The minimum atomic E-state index is -2.85. The van der Waals surface area contributed by atoms with Crippen LogP contribution < -0.4 is 0 Å². The van der Waals surface area contributed by atoms with Crippen LogP contribution in [0.4, 0.5) is 0 Å². The molecule has 18 heavy (non-hydrogen) atoms. The Balaban J connectivity index is 2.21. The highest BCUT2D eigenvalue weighted by Gasteiger charge is 2.43. The molecule has 0 aromatic carbocycles. The van der Waals surface area contributed by atoms with Crippen LogP contribution in [0.15, 0.2) is 22.8 Å². The first-order chi connectivity index (χ1) is 8.51. The molecule has 1 unspecified atom stereocenters. The van der Waals surface area contributed by atoms with Crippen LogP contribution in [0.3, 0.4) is 0 Å². The van der Waals surface area contributed by atoms with E-state index in [0.717, 1.165) is 29.3 Å². The van der Waals surface area contributed by atoms with Gasteiger partial charge in [-0.1, -0.05) is 31.9 Å². The average molecular weight is 400 g/mol. The Kier molecular flexibility index (Phi) is 4.60. The smallest absolute Gasteiger partial charge is 0.150 e. The monoisotopic (exact) mass is 398 g/mol. The summed E-state index contributed by atoms with van der Waals surface area (Å²) in [6.07, 6.45) is 3.17. The van der Waals surface area contributed by atoms with Gasteiger partial charge in [0.1, 0.15) is 5.76 Å². The van der Waals surface area contributed by atoms with Crippen molar-refractivity contribution in [2.24, 2.45) is 11.3 Å². The zero-order chi connectivity index (χ0) is 13.2. The third-order valence-electron chi connectivity index (χ3n) is 3.74. The molecule has 0 spiro atoms. The maximum absolute atomic E-state index is 11.7. The Bertz CT molecular complexity index is 477. The van der Waals surface area contributed by atoms with Crippen LogP contribution in [0.2, 0.25) is 0 Å². The molecule has 0 aliphatic carbocycles. The van der Waals surface area contributed by atoms with Crippen molar-refractivity contribution in [2.45, 2.75) is 12.8 Å². The first kappa shape index (κ1) is 14.6. The Labute approximate surface area is 124 Å². The zero-order valence-corrected chi connectivity index (χ0v) is 13.9. The molecular formula is C12H16Br2O3S. The van der Waals surface area contributed by atoms with E-state index in [2.05, 4.69) is 31.9 Å². The molecule has 1 aliphatic rings. The van der Waals surface area contributed by atoms with E-state index in [-0.39, 0.29) is 11.3 Å². The third-order valence-corrected chi connectivity index (χ3v) is 7.74. The van der Waals surface area contributed by atoms with Gasteiger partial charge in [0, 0.05) is 22.5 Å². The molecule has 102 valence electrons. The van der Waals surface area contributed by atoms with E-state index in [1.165, 1.54) is 0 Å². The molecule has 0 saturated carbocycles. The topological polar surface area (TPSA) is 47.3 Å². The zero-order valence-electron chi connectivity index (χ0n) is 9.94. The summed E-state index contributed by atoms with van der Waals surface area (Å²) >= 11 is 7.12. The SMILES string of the molecule is O=S1(=O)CCC(C(CBr)(CBr)Cc2ccco2)C1. The summed E-state index contributed by atoms with van der Waals surface area (Å²) in [7, 11) is -2.85. The van der Waals surface area contributed by atoms with Crippen molar-refractivity contribution in [2.75, 3.05) is 22.2 Å². The fraction of sp³-hybridized carbons (Fsp3) is 0.667. The fourth-order valence-corrected chi connectivity index (χ4v) is 6.72. The number of furan rings is 1. The largest absolute Gasteiger partial charge is 0.469 e. The van der Waals surface area contributed by atoms with Crippen molar-refractivity contribution in [1.82, 2.24) is 0 Å². The minimum Gasteiger partial charge on any atom is -0.469 e. The molecule has 0 N–H and O–H groups in total. The molecule has 1 aromatic heterocycles. The summed E-state index contributed by atoms with van der Waals surface area (Å²) in [5, 5.41) is 1.54. The van der Waals surface area contributed by atoms with Gasteiger partial charge in [-0.15, -0.1) is 0 Å². The molecule has 1 fully saturated rings. The van der Waals surface area contributed by atoms with Crippen LogP contribution in [0.25, 0.3) is 0 Å². The van der Waals surface area contributed by atoms with E-state index in [1.807, 2.05) is 12.1 Å². The van der Waals surface area contributed by atoms with E-state index < -0.39 is 9.84 Å². The fourth-order valence-electron chi connectivity index (χ4n) is 2.53. The number of halogens is 2. The average Bonchev–Trinajstić information content (AvgIpc) is 2.95. The Hall–Kier alpha value is 0.190. The van der Waals surface area contributed by atoms with Gasteiger partial charge in [-0.05, 0) is 24.5 Å². The second kappa shape index (κ2) is 5.67. The van der Waals surface area contributed by atoms with Gasteiger partial charge in [-0.3, -0.25) is 0 Å². The molecule has 1 atom stereocenters. The van der Waals surface area contributed by atoms with Crippen LogP contribution in [0.1, 0.15) is 12.2 Å². The van der Waals surface area contributed by atoms with E-state index in [9.17, 15) is 8.42 Å². The Morgan fingerprint density at radius 3 is 2.56 bits per heavy atom. The molecule has 0 amide bonds. The molecule has 0 radical (unpaired) electrons. The van der Waals surface area contributed by atoms with Crippen molar-refractivity contribution >= 4 is 41.7 Å². The third kappa shape index (κ3) is 3.02. The maximum Gasteiger partial charge on any atom is 0.150 e. The van der Waals surface area contributed by atoms with Crippen molar-refractivity contribution in [1.29, 1.82) is 0 Å². The quantitative estimate of drug-likeness (QED) is 0.715. The highest BCUT2D eigenvalue weighted by atomic mass is 79.9. The van der Waals surface area contributed by atoms with E-state index in [1.54, 1.807) is 6.26 Å². The van der Waals surface area contributed by atoms with Crippen molar-refractivity contribution < 1.29 is 12.8 Å². The summed E-state index contributed by atoms with van der Waals surface area (Å²) in [5.41, 5.74) is -0.0958. The van der Waals surface area contributed by atoms with Crippen molar-refractivity contribution in [3.05, 3.63) is 24.2 Å². The van der Waals surface area contributed by atoms with Gasteiger partial charge in [0.15, 0.2) is 9.84 Å². The van der Waals surface area contributed by atoms with Crippen LogP contribution in [0.5, 0.6) is 0 Å². The molecular weight excluding hydrogens is 384 g/mol. The van der Waals surface area contributed by atoms with Crippen molar-refractivity contribution in [3.63, 3.8) is 0 Å². The first-order valence-electron chi connectivity index (χ1n) is 5.86. The number of alkyl halides is 2. The van der Waals surface area contributed by atoms with Gasteiger partial charge in [0.2, 0.25) is 0 Å². The highest BCUT2D eigenvalue weighted by molar-refractivity contribution is 9.09. The molecule has 0 bridgehead atoms. The summed E-state index contributed by atoms with van der Waals surface area (Å²) in [4.78, 5) is 0. The van der Waals surface area contributed by atoms with Crippen LogP contribution in [0, 0.1) is 11.3 Å². The number of hydrogen-bond donors (Lipinski definition) is 0. The Morgan fingerprint density at radius 1 is 1.39 bits per heavy atom. The molecule has 2 rings (SSSR count). The molecule has 3 nitrogen and oxygen atoms in total. The molecule has 1 saturated heterocycles. The van der Waals surface area contributed by atoms with Crippen LogP contribution >= 0.6 is 31.9 Å². The maximum atomic E-state index is 11.7. The first-order valence-corrected chi connectivity index (χ1v) is 9.92. The minimum absolute atomic E-state index is 0.0958. The van der Waals surface area contributed by atoms with Gasteiger partial charge < -0.3 is 4.42 Å². The van der Waals surface area contributed by atoms with Crippen molar-refractivity contribution in [3.8, 4) is 0 Å². The lowest BCUT2D eigenvalue weighted by Crippen LogP contribution is -2.37. The summed E-state index contributed by atoms with van der Waals surface area (Å²) in [6, 6.07) is 3.82. The Morgan fingerprint density at radius 2 is 2.11 bits per heavy atom. The standard InChI is InChI=1S/C12H16Br2O3S/c13-8-12(9-14,6-11-2-1-4-17-11)10-3-5-18(15,16)7-10/h1-2,4,10H,3,5-9H2. The van der Waals surface area contributed by atoms with E-state index in [4.69, 9.17) is 4.42 Å². The lowest BCUT2D eigenvalue weighted by Gasteiger charge is -2.35. The number of rotatable bonds is 5. The van der Waals surface area contributed by atoms with Gasteiger partial charge in [-0.2, -0.15) is 0 Å². The summed E-state index contributed by atoms with van der Waals surface area (Å²) in [5.74, 6) is 1.72. The van der Waals surface area contributed by atoms with Crippen LogP contribution in [-0.2, 0) is 16.3 Å². The normalized spacial score (nSPS) is 23.3. The highest BCUT2D eigenvalue weighted by Crippen LogP contribution is 2.41. The summed E-state index contributed by atoms with van der Waals surface area (Å²) in [6.45, 7) is 0. The molecule has 1 aliphatic heterocycles. The molecule has 1 aromatic rings. The van der Waals surface area contributed by atoms with E-state index >= 15 is 0 Å². The van der Waals surface area contributed by atoms with Gasteiger partial charge >= 0.3 is 0 Å². The number of sulfone groups is 1. The summed E-state index contributed by atoms with van der Waals surface area (Å²) < 4.78 is 28.7. The van der Waals surface area contributed by atoms with E-state index in [0.29, 0.717) is 11.5 Å². The van der Waals surface area contributed by atoms with Gasteiger partial charge in [0.05, 0.1) is 17.8 Å².